The lowest BCUT2D eigenvalue weighted by Gasteiger charge is -2.07. The number of aromatic nitrogens is 3. The minimum absolute atomic E-state index is 0.295. The van der Waals surface area contributed by atoms with Crippen molar-refractivity contribution >= 4 is 6.29 Å². The van der Waals surface area contributed by atoms with Crippen LogP contribution in [0.4, 0.5) is 4.39 Å². The second-order valence-corrected chi connectivity index (χ2v) is 4.22. The highest BCUT2D eigenvalue weighted by Crippen LogP contribution is 2.25. The third-order valence-electron chi connectivity index (χ3n) is 2.95. The topological polar surface area (TPSA) is 47.8 Å². The van der Waals surface area contributed by atoms with Crippen LogP contribution >= 0.6 is 0 Å². The van der Waals surface area contributed by atoms with Gasteiger partial charge < -0.3 is 0 Å². The molecule has 1 aromatic heterocycles. The summed E-state index contributed by atoms with van der Waals surface area (Å²) in [6, 6.07) is 13.5. The van der Waals surface area contributed by atoms with Crippen molar-refractivity contribution in [3.05, 3.63) is 66.1 Å². The first-order chi connectivity index (χ1) is 9.79. The molecule has 5 heteroatoms. The summed E-state index contributed by atoms with van der Waals surface area (Å²) >= 11 is 0. The first kappa shape index (κ1) is 12.2. The largest absolute Gasteiger partial charge is 0.298 e. The molecule has 0 saturated heterocycles. The summed E-state index contributed by atoms with van der Waals surface area (Å²) in [6.07, 6.45) is 2.15. The maximum atomic E-state index is 14.0. The van der Waals surface area contributed by atoms with Gasteiger partial charge in [-0.2, -0.15) is 0 Å². The lowest BCUT2D eigenvalue weighted by molar-refractivity contribution is 0.112. The van der Waals surface area contributed by atoms with E-state index >= 15 is 0 Å². The average molecular weight is 267 g/mol. The van der Waals surface area contributed by atoms with Gasteiger partial charge in [0.25, 0.3) is 0 Å². The Morgan fingerprint density at radius 3 is 2.65 bits per heavy atom. The SMILES string of the molecule is O=Cc1ccc(F)c(-c2cnnn2-c2ccccc2)c1. The van der Waals surface area contributed by atoms with Gasteiger partial charge >= 0.3 is 0 Å². The fourth-order valence-corrected chi connectivity index (χ4v) is 1.99. The quantitative estimate of drug-likeness (QED) is 0.685. The number of para-hydroxylation sites is 1. The van der Waals surface area contributed by atoms with Crippen LogP contribution in [0, 0.1) is 5.82 Å². The summed E-state index contributed by atoms with van der Waals surface area (Å²) in [4.78, 5) is 10.8. The van der Waals surface area contributed by atoms with E-state index in [1.807, 2.05) is 30.3 Å². The molecule has 0 aliphatic carbocycles. The van der Waals surface area contributed by atoms with E-state index in [1.165, 1.54) is 29.1 Å². The predicted molar refractivity (Wildman–Crippen MR) is 72.1 cm³/mol. The Labute approximate surface area is 114 Å². The highest BCUT2D eigenvalue weighted by atomic mass is 19.1. The van der Waals surface area contributed by atoms with Gasteiger partial charge in [0.05, 0.1) is 17.6 Å². The number of hydrogen-bond acceptors (Lipinski definition) is 3. The third kappa shape index (κ3) is 2.09. The number of rotatable bonds is 3. The molecule has 0 radical (unpaired) electrons. The molecular formula is C15H10FN3O. The fraction of sp³-hybridized carbons (Fsp3) is 0. The van der Waals surface area contributed by atoms with Gasteiger partial charge in [-0.1, -0.05) is 23.4 Å². The molecule has 0 spiro atoms. The van der Waals surface area contributed by atoms with Crippen molar-refractivity contribution in [3.8, 4) is 16.9 Å². The van der Waals surface area contributed by atoms with Gasteiger partial charge in [-0.25, -0.2) is 9.07 Å². The molecule has 0 atom stereocenters. The minimum atomic E-state index is -0.421. The highest BCUT2D eigenvalue weighted by molar-refractivity contribution is 5.78. The van der Waals surface area contributed by atoms with E-state index in [0.717, 1.165) is 5.69 Å². The van der Waals surface area contributed by atoms with Crippen molar-refractivity contribution in [3.63, 3.8) is 0 Å². The van der Waals surface area contributed by atoms with Crippen LogP contribution in [0.25, 0.3) is 16.9 Å². The van der Waals surface area contributed by atoms with Gasteiger partial charge in [-0.15, -0.1) is 5.10 Å². The number of benzene rings is 2. The molecule has 0 bridgehead atoms. The Morgan fingerprint density at radius 2 is 1.90 bits per heavy atom. The standard InChI is InChI=1S/C15H10FN3O/c16-14-7-6-11(10-20)8-13(14)15-9-17-18-19(15)12-4-2-1-3-5-12/h1-10H. The van der Waals surface area contributed by atoms with E-state index in [1.54, 1.807) is 0 Å². The number of aldehydes is 1. The molecular weight excluding hydrogens is 257 g/mol. The van der Waals surface area contributed by atoms with E-state index in [4.69, 9.17) is 0 Å². The molecule has 0 aliphatic heterocycles. The summed E-state index contributed by atoms with van der Waals surface area (Å²) < 4.78 is 15.5. The van der Waals surface area contributed by atoms with Crippen molar-refractivity contribution in [2.24, 2.45) is 0 Å². The number of halogens is 1. The Kier molecular flexibility index (Phi) is 3.09. The summed E-state index contributed by atoms with van der Waals surface area (Å²) in [5.41, 5.74) is 1.97. The number of carbonyl (C=O) groups is 1. The van der Waals surface area contributed by atoms with Crippen LogP contribution < -0.4 is 0 Å². The van der Waals surface area contributed by atoms with E-state index in [2.05, 4.69) is 10.3 Å². The lowest BCUT2D eigenvalue weighted by atomic mass is 10.1. The summed E-state index contributed by atoms with van der Waals surface area (Å²) in [7, 11) is 0. The van der Waals surface area contributed by atoms with Gasteiger partial charge in [0.15, 0.2) is 0 Å². The van der Waals surface area contributed by atoms with Crippen LogP contribution in [-0.4, -0.2) is 21.3 Å². The molecule has 3 aromatic rings. The van der Waals surface area contributed by atoms with Crippen molar-refractivity contribution in [1.82, 2.24) is 15.0 Å². The molecule has 0 fully saturated rings. The Hall–Kier alpha value is -2.82. The number of hydrogen-bond donors (Lipinski definition) is 0. The minimum Gasteiger partial charge on any atom is -0.298 e. The lowest BCUT2D eigenvalue weighted by Crippen LogP contribution is -2.00. The molecule has 0 N–H and O–H groups in total. The fourth-order valence-electron chi connectivity index (χ4n) is 1.99. The number of carbonyl (C=O) groups excluding carboxylic acids is 1. The summed E-state index contributed by atoms with van der Waals surface area (Å²) in [6.45, 7) is 0. The zero-order chi connectivity index (χ0) is 13.9. The molecule has 0 saturated carbocycles. The molecule has 0 aliphatic rings. The molecule has 0 unspecified atom stereocenters. The van der Waals surface area contributed by atoms with Gasteiger partial charge in [0.2, 0.25) is 0 Å². The van der Waals surface area contributed by atoms with Gasteiger partial charge in [0.1, 0.15) is 12.1 Å². The van der Waals surface area contributed by atoms with Crippen molar-refractivity contribution in [2.75, 3.05) is 0 Å². The van der Waals surface area contributed by atoms with Crippen LogP contribution in [0.15, 0.2) is 54.7 Å². The van der Waals surface area contributed by atoms with Crippen LogP contribution in [0.5, 0.6) is 0 Å². The average Bonchev–Trinajstić information content (AvgIpc) is 2.98. The van der Waals surface area contributed by atoms with E-state index in [9.17, 15) is 9.18 Å². The molecule has 1 heterocycles. The predicted octanol–water partition coefficient (Wildman–Crippen LogP) is 2.89. The molecule has 4 nitrogen and oxygen atoms in total. The monoisotopic (exact) mass is 267 g/mol. The van der Waals surface area contributed by atoms with Crippen LogP contribution in [-0.2, 0) is 0 Å². The maximum absolute atomic E-state index is 14.0. The Bertz CT molecular complexity index is 753. The highest BCUT2D eigenvalue weighted by Gasteiger charge is 2.13. The third-order valence-corrected chi connectivity index (χ3v) is 2.95. The zero-order valence-electron chi connectivity index (χ0n) is 10.4. The van der Waals surface area contributed by atoms with Crippen LogP contribution in [0.3, 0.4) is 0 Å². The maximum Gasteiger partial charge on any atom is 0.150 e. The van der Waals surface area contributed by atoms with E-state index < -0.39 is 5.82 Å². The first-order valence-electron chi connectivity index (χ1n) is 6.01. The first-order valence-corrected chi connectivity index (χ1v) is 6.01. The normalized spacial score (nSPS) is 10.4. The molecule has 98 valence electrons. The van der Waals surface area contributed by atoms with Gasteiger partial charge in [-0.3, -0.25) is 4.79 Å². The van der Waals surface area contributed by atoms with Crippen LogP contribution in [0.1, 0.15) is 10.4 Å². The van der Waals surface area contributed by atoms with Crippen LogP contribution in [0.2, 0.25) is 0 Å². The second-order valence-electron chi connectivity index (χ2n) is 4.22. The zero-order valence-corrected chi connectivity index (χ0v) is 10.4. The van der Waals surface area contributed by atoms with Gasteiger partial charge in [0, 0.05) is 11.1 Å². The number of nitrogens with zero attached hydrogens (tertiary/aromatic N) is 3. The second kappa shape index (κ2) is 5.05. The van der Waals surface area contributed by atoms with Gasteiger partial charge in [-0.05, 0) is 30.3 Å². The van der Waals surface area contributed by atoms with E-state index in [-0.39, 0.29) is 0 Å². The molecule has 20 heavy (non-hydrogen) atoms. The molecule has 3 rings (SSSR count). The molecule has 0 amide bonds. The van der Waals surface area contributed by atoms with Crippen molar-refractivity contribution in [2.45, 2.75) is 0 Å². The smallest absolute Gasteiger partial charge is 0.150 e. The van der Waals surface area contributed by atoms with E-state index in [0.29, 0.717) is 23.1 Å². The molecule has 2 aromatic carbocycles. The Morgan fingerprint density at radius 1 is 1.10 bits per heavy atom. The van der Waals surface area contributed by atoms with Crippen molar-refractivity contribution < 1.29 is 9.18 Å². The summed E-state index contributed by atoms with van der Waals surface area (Å²) in [5, 5.41) is 7.80. The summed E-state index contributed by atoms with van der Waals surface area (Å²) in [5.74, 6) is -0.421. The Balaban J connectivity index is 2.17. The van der Waals surface area contributed by atoms with Crippen molar-refractivity contribution in [1.29, 1.82) is 0 Å².